The number of carbonyl (C=O) groups is 2. The fraction of sp³-hybridized carbons (Fsp3) is 0.833. The number of hydrogen-bond donors (Lipinski definition) is 2. The molecule has 3 atom stereocenters. The zero-order valence-electron chi connectivity index (χ0n) is 11.2. The molecule has 1 heterocycles. The van der Waals surface area contributed by atoms with Crippen LogP contribution in [-0.4, -0.2) is 51.6 Å². The summed E-state index contributed by atoms with van der Waals surface area (Å²) in [5, 5.41) is 12.4. The molecular weight excluding hydrogens is 252 g/mol. The first-order valence-electron chi connectivity index (χ1n) is 6.37. The summed E-state index contributed by atoms with van der Waals surface area (Å²) < 4.78 is 0. The number of rotatable bonds is 4. The van der Waals surface area contributed by atoms with Gasteiger partial charge in [-0.1, -0.05) is 27.2 Å². The maximum atomic E-state index is 12.0. The van der Waals surface area contributed by atoms with Gasteiger partial charge in [0.25, 0.3) is 0 Å². The van der Waals surface area contributed by atoms with Crippen molar-refractivity contribution in [3.05, 3.63) is 0 Å². The van der Waals surface area contributed by atoms with E-state index in [1.807, 2.05) is 18.7 Å². The van der Waals surface area contributed by atoms with E-state index in [1.165, 1.54) is 0 Å². The van der Waals surface area contributed by atoms with E-state index >= 15 is 0 Å². The Morgan fingerprint density at radius 2 is 1.94 bits per heavy atom. The van der Waals surface area contributed by atoms with Gasteiger partial charge in [-0.3, -0.25) is 0 Å². The van der Waals surface area contributed by atoms with Crippen LogP contribution in [0.2, 0.25) is 0 Å². The van der Waals surface area contributed by atoms with E-state index in [9.17, 15) is 9.59 Å². The van der Waals surface area contributed by atoms with Crippen LogP contribution in [0.1, 0.15) is 33.6 Å². The van der Waals surface area contributed by atoms with Crippen molar-refractivity contribution in [1.82, 2.24) is 10.2 Å². The van der Waals surface area contributed by atoms with Crippen LogP contribution in [-0.2, 0) is 4.79 Å². The van der Waals surface area contributed by atoms with Crippen molar-refractivity contribution in [2.24, 2.45) is 0 Å². The topological polar surface area (TPSA) is 69.6 Å². The Balaban J connectivity index is 2.55. The lowest BCUT2D eigenvalue weighted by molar-refractivity contribution is -0.139. The van der Waals surface area contributed by atoms with Crippen molar-refractivity contribution in [3.63, 3.8) is 0 Å². The van der Waals surface area contributed by atoms with Gasteiger partial charge in [0.05, 0.1) is 0 Å². The monoisotopic (exact) mass is 274 g/mol. The van der Waals surface area contributed by atoms with Gasteiger partial charge >= 0.3 is 12.0 Å². The lowest BCUT2D eigenvalue weighted by Crippen LogP contribution is -2.52. The average molecular weight is 274 g/mol. The molecule has 1 saturated heterocycles. The highest BCUT2D eigenvalue weighted by Crippen LogP contribution is 2.24. The van der Waals surface area contributed by atoms with Crippen LogP contribution in [0.4, 0.5) is 4.79 Å². The smallest absolute Gasteiger partial charge is 0.326 e. The number of nitrogens with zero attached hydrogens (tertiary/aromatic N) is 1. The van der Waals surface area contributed by atoms with Crippen molar-refractivity contribution >= 4 is 23.8 Å². The third kappa shape index (κ3) is 4.40. The van der Waals surface area contributed by atoms with Gasteiger partial charge in [0.1, 0.15) is 6.04 Å². The molecule has 104 valence electrons. The Morgan fingerprint density at radius 3 is 2.39 bits per heavy atom. The summed E-state index contributed by atoms with van der Waals surface area (Å²) in [7, 11) is 0. The number of thioether (sulfide) groups is 1. The number of amides is 2. The van der Waals surface area contributed by atoms with Gasteiger partial charge in [-0.2, -0.15) is 11.8 Å². The predicted molar refractivity (Wildman–Crippen MR) is 73.0 cm³/mol. The maximum absolute atomic E-state index is 12.0. The third-order valence-electron chi connectivity index (χ3n) is 2.88. The Hall–Kier alpha value is -0.910. The molecule has 0 aliphatic carbocycles. The molecule has 2 amide bonds. The molecule has 0 bridgehead atoms. The van der Waals surface area contributed by atoms with Crippen molar-refractivity contribution < 1.29 is 14.7 Å². The van der Waals surface area contributed by atoms with Gasteiger partial charge in [-0.05, 0) is 6.42 Å². The number of carbonyl (C=O) groups excluding carboxylic acids is 1. The molecular formula is C12H22N2O3S. The van der Waals surface area contributed by atoms with Gasteiger partial charge in [0.2, 0.25) is 0 Å². The molecule has 0 radical (unpaired) electrons. The first-order chi connectivity index (χ1) is 8.43. The molecule has 0 spiro atoms. The number of aliphatic carboxylic acids is 1. The second-order valence-corrected chi connectivity index (χ2v) is 6.67. The van der Waals surface area contributed by atoms with Gasteiger partial charge in [-0.25, -0.2) is 9.59 Å². The van der Waals surface area contributed by atoms with E-state index in [1.54, 1.807) is 4.90 Å². The minimum atomic E-state index is -0.960. The summed E-state index contributed by atoms with van der Waals surface area (Å²) in [6.45, 7) is 7.44. The molecule has 5 nitrogen and oxygen atoms in total. The first kappa shape index (κ1) is 15.1. The first-order valence-corrected chi connectivity index (χ1v) is 7.32. The highest BCUT2D eigenvalue weighted by atomic mass is 32.2. The van der Waals surface area contributed by atoms with Crippen LogP contribution in [0, 0.1) is 0 Å². The van der Waals surface area contributed by atoms with Crippen LogP contribution >= 0.6 is 11.8 Å². The summed E-state index contributed by atoms with van der Waals surface area (Å²) in [6, 6.07) is -1.03. The second-order valence-electron chi connectivity index (χ2n) is 4.79. The lowest BCUT2D eigenvalue weighted by atomic mass is 10.2. The van der Waals surface area contributed by atoms with Crippen LogP contribution in [0.15, 0.2) is 0 Å². The summed E-state index contributed by atoms with van der Waals surface area (Å²) in [6.07, 6.45) is 1.20. The van der Waals surface area contributed by atoms with Crippen LogP contribution in [0.3, 0.4) is 0 Å². The summed E-state index contributed by atoms with van der Waals surface area (Å²) in [5.74, 6) is -0.960. The molecule has 0 aromatic carbocycles. The summed E-state index contributed by atoms with van der Waals surface area (Å²) in [4.78, 5) is 24.7. The number of carboxylic acid groups (broad SMARTS) is 1. The summed E-state index contributed by atoms with van der Waals surface area (Å²) >= 11 is 1.86. The SMILES string of the molecule is CCCC(NC(=O)N1CC(C)SC(C)C1)C(=O)O. The van der Waals surface area contributed by atoms with E-state index in [2.05, 4.69) is 19.2 Å². The number of hydrogen-bond acceptors (Lipinski definition) is 3. The molecule has 2 N–H and O–H groups in total. The fourth-order valence-corrected chi connectivity index (χ4v) is 3.46. The average Bonchev–Trinajstić information content (AvgIpc) is 2.26. The van der Waals surface area contributed by atoms with Gasteiger partial charge in [0, 0.05) is 23.6 Å². The quantitative estimate of drug-likeness (QED) is 0.820. The van der Waals surface area contributed by atoms with E-state index in [0.29, 0.717) is 30.0 Å². The molecule has 0 saturated carbocycles. The van der Waals surface area contributed by atoms with Gasteiger partial charge in [0.15, 0.2) is 0 Å². The zero-order valence-corrected chi connectivity index (χ0v) is 12.0. The van der Waals surface area contributed by atoms with Crippen LogP contribution in [0.25, 0.3) is 0 Å². The minimum Gasteiger partial charge on any atom is -0.480 e. The van der Waals surface area contributed by atoms with E-state index < -0.39 is 12.0 Å². The van der Waals surface area contributed by atoms with Crippen molar-refractivity contribution in [1.29, 1.82) is 0 Å². The maximum Gasteiger partial charge on any atom is 0.326 e. The molecule has 1 aliphatic heterocycles. The van der Waals surface area contributed by atoms with Crippen molar-refractivity contribution in [3.8, 4) is 0 Å². The van der Waals surface area contributed by atoms with Crippen LogP contribution < -0.4 is 5.32 Å². The fourth-order valence-electron chi connectivity index (χ4n) is 2.13. The molecule has 1 aliphatic rings. The van der Waals surface area contributed by atoms with Gasteiger partial charge in [-0.15, -0.1) is 0 Å². The second kappa shape index (κ2) is 6.87. The lowest BCUT2D eigenvalue weighted by Gasteiger charge is -2.35. The highest BCUT2D eigenvalue weighted by molar-refractivity contribution is 8.00. The number of nitrogens with one attached hydrogen (secondary N) is 1. The zero-order chi connectivity index (χ0) is 13.7. The Bertz CT molecular complexity index is 302. The minimum absolute atomic E-state index is 0.255. The highest BCUT2D eigenvalue weighted by Gasteiger charge is 2.28. The van der Waals surface area contributed by atoms with Crippen molar-refractivity contribution in [2.75, 3.05) is 13.1 Å². The largest absolute Gasteiger partial charge is 0.480 e. The summed E-state index contributed by atoms with van der Waals surface area (Å²) in [5.41, 5.74) is 0. The Labute approximate surface area is 112 Å². The standard InChI is InChI=1S/C12H22N2O3S/c1-4-5-10(11(15)16)13-12(17)14-6-8(2)18-9(3)7-14/h8-10H,4-7H2,1-3H3,(H,13,17)(H,15,16). The van der Waals surface area contributed by atoms with E-state index in [0.717, 1.165) is 6.42 Å². The number of carboxylic acids is 1. The molecule has 0 aromatic rings. The molecule has 18 heavy (non-hydrogen) atoms. The van der Waals surface area contributed by atoms with Crippen molar-refractivity contribution in [2.45, 2.75) is 50.2 Å². The molecule has 1 fully saturated rings. The molecule has 3 unspecified atom stereocenters. The van der Waals surface area contributed by atoms with Crippen LogP contribution in [0.5, 0.6) is 0 Å². The Morgan fingerprint density at radius 1 is 1.39 bits per heavy atom. The predicted octanol–water partition coefficient (Wildman–Crippen LogP) is 1.78. The normalized spacial score (nSPS) is 25.6. The Kier molecular flexibility index (Phi) is 5.78. The van der Waals surface area contributed by atoms with E-state index in [4.69, 9.17) is 5.11 Å². The molecule has 6 heteroatoms. The van der Waals surface area contributed by atoms with Gasteiger partial charge < -0.3 is 15.3 Å². The number of urea groups is 1. The molecule has 1 rings (SSSR count). The third-order valence-corrected chi connectivity index (χ3v) is 4.11. The molecule has 0 aromatic heterocycles. The van der Waals surface area contributed by atoms with E-state index in [-0.39, 0.29) is 6.03 Å².